The molecule has 0 bridgehead atoms. The first-order valence-corrected chi connectivity index (χ1v) is 4.46. The number of hydrogen-bond donors (Lipinski definition) is 3. The Kier molecular flexibility index (Phi) is 3.81. The molecule has 1 heterocycles. The molecule has 7 heteroatoms. The highest BCUT2D eigenvalue weighted by Gasteiger charge is 2.32. The number of ether oxygens (including phenoxy) is 1. The number of rotatable bonds is 4. The summed E-state index contributed by atoms with van der Waals surface area (Å²) >= 11 is 0. The van der Waals surface area contributed by atoms with Crippen molar-refractivity contribution in [3.63, 3.8) is 0 Å². The lowest BCUT2D eigenvalue weighted by molar-refractivity contribution is -0.307. The van der Waals surface area contributed by atoms with Crippen molar-refractivity contribution < 1.29 is 23.0 Å². The van der Waals surface area contributed by atoms with Crippen molar-refractivity contribution in [2.75, 3.05) is 19.6 Å². The Hall–Kier alpha value is -0.950. The van der Waals surface area contributed by atoms with Gasteiger partial charge in [-0.1, -0.05) is 0 Å². The topological polar surface area (TPSA) is 53.5 Å². The van der Waals surface area contributed by atoms with Gasteiger partial charge in [0.05, 0.1) is 6.10 Å². The van der Waals surface area contributed by atoms with Crippen LogP contribution < -0.4 is 10.6 Å². The van der Waals surface area contributed by atoms with Gasteiger partial charge in [-0.15, -0.1) is 13.2 Å². The first kappa shape index (κ1) is 12.1. The van der Waals surface area contributed by atoms with Gasteiger partial charge in [-0.05, 0) is 6.58 Å². The minimum absolute atomic E-state index is 0.126. The molecule has 2 unspecified atom stereocenters. The second-order valence-corrected chi connectivity index (χ2v) is 3.34. The molecule has 1 saturated heterocycles. The molecule has 1 aliphatic heterocycles. The number of aliphatic hydroxyl groups is 1. The second-order valence-electron chi connectivity index (χ2n) is 3.34. The van der Waals surface area contributed by atoms with Crippen LogP contribution in [0, 0.1) is 5.92 Å². The molecule has 0 aliphatic carbocycles. The molecule has 3 N–H and O–H groups in total. The molecule has 0 aromatic heterocycles. The lowest BCUT2D eigenvalue weighted by atomic mass is 10.1. The molecule has 0 spiro atoms. The van der Waals surface area contributed by atoms with E-state index in [0.29, 0.717) is 13.1 Å². The lowest BCUT2D eigenvalue weighted by Crippen LogP contribution is -2.32. The van der Waals surface area contributed by atoms with E-state index in [1.54, 1.807) is 0 Å². The van der Waals surface area contributed by atoms with E-state index in [1.807, 2.05) is 0 Å². The third-order valence-electron chi connectivity index (χ3n) is 2.10. The van der Waals surface area contributed by atoms with E-state index in [-0.39, 0.29) is 12.5 Å². The number of aliphatic hydroxyl groups excluding tert-OH is 1. The summed E-state index contributed by atoms with van der Waals surface area (Å²) in [6, 6.07) is 0. The van der Waals surface area contributed by atoms with Crippen molar-refractivity contribution in [1.29, 1.82) is 0 Å². The normalized spacial score (nSPS) is 26.4. The summed E-state index contributed by atoms with van der Waals surface area (Å²) in [6.07, 6.45) is -5.27. The Morgan fingerprint density at radius 3 is 2.67 bits per heavy atom. The maximum Gasteiger partial charge on any atom is 0.574 e. The quantitative estimate of drug-likeness (QED) is 0.598. The molecular formula is C8H13F3N2O2. The van der Waals surface area contributed by atoms with E-state index in [0.717, 1.165) is 0 Å². The Morgan fingerprint density at radius 2 is 2.20 bits per heavy atom. The number of halogens is 3. The monoisotopic (exact) mass is 226 g/mol. The van der Waals surface area contributed by atoms with E-state index in [2.05, 4.69) is 21.9 Å². The fourth-order valence-corrected chi connectivity index (χ4v) is 1.35. The van der Waals surface area contributed by atoms with Crippen molar-refractivity contribution in [1.82, 2.24) is 10.6 Å². The maximum atomic E-state index is 11.7. The van der Waals surface area contributed by atoms with Crippen LogP contribution in [0.3, 0.4) is 0 Å². The molecule has 0 saturated carbocycles. The van der Waals surface area contributed by atoms with Crippen molar-refractivity contribution in [2.45, 2.75) is 12.5 Å². The molecule has 15 heavy (non-hydrogen) atoms. The van der Waals surface area contributed by atoms with Crippen LogP contribution in [-0.4, -0.2) is 37.2 Å². The van der Waals surface area contributed by atoms with Crippen LogP contribution in [0.25, 0.3) is 0 Å². The summed E-state index contributed by atoms with van der Waals surface area (Å²) in [5, 5.41) is 14.6. The third kappa shape index (κ3) is 4.39. The first-order chi connectivity index (χ1) is 6.88. The predicted molar refractivity (Wildman–Crippen MR) is 46.6 cm³/mol. The SMILES string of the molecule is C=C(NCC1CNCC1O)OC(F)(F)F. The molecule has 0 aromatic carbocycles. The number of nitrogens with one attached hydrogen (secondary N) is 2. The standard InChI is InChI=1S/C8H13F3N2O2/c1-5(15-8(9,10)11)13-3-6-2-12-4-7(6)14/h6-7,12-14H,1-4H2. The molecule has 0 aromatic rings. The van der Waals surface area contributed by atoms with Gasteiger partial charge in [-0.25, -0.2) is 0 Å². The molecule has 88 valence electrons. The third-order valence-corrected chi connectivity index (χ3v) is 2.10. The Balaban J connectivity index is 2.22. The highest BCUT2D eigenvalue weighted by molar-refractivity contribution is 4.87. The van der Waals surface area contributed by atoms with Crippen LogP contribution in [0.5, 0.6) is 0 Å². The summed E-state index contributed by atoms with van der Waals surface area (Å²) in [5.74, 6) is -0.680. The Labute approximate surface area is 85.1 Å². The zero-order chi connectivity index (χ0) is 11.5. The average Bonchev–Trinajstić information content (AvgIpc) is 2.44. The fraction of sp³-hybridized carbons (Fsp3) is 0.750. The Morgan fingerprint density at radius 1 is 1.53 bits per heavy atom. The fourth-order valence-electron chi connectivity index (χ4n) is 1.35. The van der Waals surface area contributed by atoms with Gasteiger partial charge >= 0.3 is 6.36 Å². The van der Waals surface area contributed by atoms with Crippen LogP contribution in [0.2, 0.25) is 0 Å². The smallest absolute Gasteiger partial charge is 0.391 e. The molecule has 1 aliphatic rings. The van der Waals surface area contributed by atoms with E-state index in [4.69, 9.17) is 0 Å². The van der Waals surface area contributed by atoms with Gasteiger partial charge in [0.15, 0.2) is 5.88 Å². The molecule has 0 amide bonds. The number of alkyl halides is 3. The van der Waals surface area contributed by atoms with Crippen LogP contribution in [-0.2, 0) is 4.74 Å². The zero-order valence-electron chi connectivity index (χ0n) is 7.97. The summed E-state index contributed by atoms with van der Waals surface area (Å²) < 4.78 is 38.6. The number of β-amino-alcohol motifs (C(OH)–C–C–N with tert-alkyl or cyclic N) is 1. The predicted octanol–water partition coefficient (Wildman–Crippen LogP) is 0.164. The maximum absolute atomic E-state index is 11.7. The van der Waals surface area contributed by atoms with Crippen LogP contribution in [0.1, 0.15) is 0 Å². The van der Waals surface area contributed by atoms with Gasteiger partial charge in [0.2, 0.25) is 0 Å². The molecular weight excluding hydrogens is 213 g/mol. The van der Waals surface area contributed by atoms with Gasteiger partial charge in [-0.3, -0.25) is 0 Å². The van der Waals surface area contributed by atoms with E-state index < -0.39 is 18.3 Å². The zero-order valence-corrected chi connectivity index (χ0v) is 7.97. The highest BCUT2D eigenvalue weighted by atomic mass is 19.4. The highest BCUT2D eigenvalue weighted by Crippen LogP contribution is 2.19. The molecule has 1 fully saturated rings. The van der Waals surface area contributed by atoms with Gasteiger partial charge in [-0.2, -0.15) is 0 Å². The largest absolute Gasteiger partial charge is 0.574 e. The average molecular weight is 226 g/mol. The first-order valence-electron chi connectivity index (χ1n) is 4.46. The van der Waals surface area contributed by atoms with E-state index in [9.17, 15) is 18.3 Å². The summed E-state index contributed by atoms with van der Waals surface area (Å²) in [6.45, 7) is 4.29. The lowest BCUT2D eigenvalue weighted by Gasteiger charge is -2.17. The second kappa shape index (κ2) is 4.71. The van der Waals surface area contributed by atoms with Gasteiger partial charge < -0.3 is 20.5 Å². The van der Waals surface area contributed by atoms with Crippen LogP contribution in [0.4, 0.5) is 13.2 Å². The molecule has 2 atom stereocenters. The van der Waals surface area contributed by atoms with Crippen molar-refractivity contribution >= 4 is 0 Å². The minimum Gasteiger partial charge on any atom is -0.391 e. The van der Waals surface area contributed by atoms with Crippen molar-refractivity contribution in [3.8, 4) is 0 Å². The van der Waals surface area contributed by atoms with Crippen LogP contribution in [0.15, 0.2) is 12.5 Å². The molecule has 4 nitrogen and oxygen atoms in total. The van der Waals surface area contributed by atoms with Crippen molar-refractivity contribution in [2.24, 2.45) is 5.92 Å². The summed E-state index contributed by atoms with van der Waals surface area (Å²) in [4.78, 5) is 0. The Bertz CT molecular complexity index is 232. The minimum atomic E-state index is -4.73. The summed E-state index contributed by atoms with van der Waals surface area (Å²) in [7, 11) is 0. The van der Waals surface area contributed by atoms with Crippen molar-refractivity contribution in [3.05, 3.63) is 12.5 Å². The van der Waals surface area contributed by atoms with Gasteiger partial charge in [0.25, 0.3) is 0 Å². The molecule has 0 radical (unpaired) electrons. The van der Waals surface area contributed by atoms with E-state index >= 15 is 0 Å². The molecule has 1 rings (SSSR count). The van der Waals surface area contributed by atoms with Gasteiger partial charge in [0, 0.05) is 25.6 Å². The van der Waals surface area contributed by atoms with Crippen LogP contribution >= 0.6 is 0 Å². The van der Waals surface area contributed by atoms with Gasteiger partial charge in [0.1, 0.15) is 0 Å². The summed E-state index contributed by atoms with van der Waals surface area (Å²) in [5.41, 5.74) is 0. The number of hydrogen-bond acceptors (Lipinski definition) is 4. The van der Waals surface area contributed by atoms with E-state index in [1.165, 1.54) is 0 Å².